The molecule has 1 aliphatic heterocycles. The first-order valence-corrected chi connectivity index (χ1v) is 10.9. The van der Waals surface area contributed by atoms with E-state index in [0.717, 1.165) is 12.8 Å². The van der Waals surface area contributed by atoms with Crippen molar-refractivity contribution in [3.8, 4) is 0 Å². The Morgan fingerprint density at radius 1 is 1.19 bits per heavy atom. The number of carbonyl (C=O) groups excluding carboxylic acids is 2. The molecule has 1 fully saturated rings. The third kappa shape index (κ3) is 4.95. The lowest BCUT2D eigenvalue weighted by Crippen LogP contribution is -2.29. The number of rotatable bonds is 7. The number of thioether (sulfide) groups is 1. The summed E-state index contributed by atoms with van der Waals surface area (Å²) < 4.78 is 7.31. The van der Waals surface area contributed by atoms with Gasteiger partial charge in [-0.2, -0.15) is 0 Å². The van der Waals surface area contributed by atoms with Crippen LogP contribution in [0.1, 0.15) is 23.2 Å². The zero-order valence-electron chi connectivity index (χ0n) is 16.7. The summed E-state index contributed by atoms with van der Waals surface area (Å²) in [5.74, 6) is -0.698. The SMILES string of the molecule is NC(=O)c1ccc(NC(=O)CSc2nc3ccccc3c(=O)n2CC2CCCO2)cc1. The van der Waals surface area contributed by atoms with Crippen molar-refractivity contribution in [2.75, 3.05) is 17.7 Å². The number of fused-ring (bicyclic) bond motifs is 1. The molecule has 2 amide bonds. The second-order valence-electron chi connectivity index (χ2n) is 7.24. The van der Waals surface area contributed by atoms with Crippen molar-refractivity contribution in [2.24, 2.45) is 5.73 Å². The van der Waals surface area contributed by atoms with E-state index in [0.29, 0.717) is 40.5 Å². The van der Waals surface area contributed by atoms with Gasteiger partial charge in [-0.3, -0.25) is 19.0 Å². The fourth-order valence-electron chi connectivity index (χ4n) is 3.46. The molecule has 31 heavy (non-hydrogen) atoms. The van der Waals surface area contributed by atoms with Crippen molar-refractivity contribution in [1.82, 2.24) is 9.55 Å². The van der Waals surface area contributed by atoms with E-state index < -0.39 is 5.91 Å². The van der Waals surface area contributed by atoms with Crippen molar-refractivity contribution in [3.63, 3.8) is 0 Å². The van der Waals surface area contributed by atoms with Crippen LogP contribution >= 0.6 is 11.8 Å². The number of ether oxygens (including phenoxy) is 1. The van der Waals surface area contributed by atoms with E-state index in [-0.39, 0.29) is 23.3 Å². The zero-order valence-corrected chi connectivity index (χ0v) is 17.6. The summed E-state index contributed by atoms with van der Waals surface area (Å²) in [4.78, 5) is 41.3. The average molecular weight is 439 g/mol. The molecule has 2 aromatic carbocycles. The van der Waals surface area contributed by atoms with Gasteiger partial charge in [-0.1, -0.05) is 23.9 Å². The smallest absolute Gasteiger partial charge is 0.262 e. The third-order valence-corrected chi connectivity index (χ3v) is 6.00. The van der Waals surface area contributed by atoms with E-state index in [1.807, 2.05) is 12.1 Å². The number of hydrogen-bond donors (Lipinski definition) is 2. The van der Waals surface area contributed by atoms with Crippen molar-refractivity contribution in [2.45, 2.75) is 30.6 Å². The molecule has 0 spiro atoms. The fraction of sp³-hybridized carbons (Fsp3) is 0.273. The molecule has 8 nitrogen and oxygen atoms in total. The normalized spacial score (nSPS) is 15.8. The highest BCUT2D eigenvalue weighted by Gasteiger charge is 2.20. The summed E-state index contributed by atoms with van der Waals surface area (Å²) in [5, 5.41) is 3.80. The molecule has 1 aliphatic rings. The predicted molar refractivity (Wildman–Crippen MR) is 119 cm³/mol. The number of nitrogens with zero attached hydrogens (tertiary/aromatic N) is 2. The van der Waals surface area contributed by atoms with Crippen LogP contribution in [-0.2, 0) is 16.1 Å². The lowest BCUT2D eigenvalue weighted by Gasteiger charge is -2.16. The van der Waals surface area contributed by atoms with E-state index in [1.165, 1.54) is 11.8 Å². The van der Waals surface area contributed by atoms with Gasteiger partial charge in [-0.25, -0.2) is 4.98 Å². The van der Waals surface area contributed by atoms with Crippen LogP contribution in [0.2, 0.25) is 0 Å². The Bertz CT molecular complexity index is 1170. The molecule has 9 heteroatoms. The molecular weight excluding hydrogens is 416 g/mol. The maximum atomic E-state index is 13.1. The highest BCUT2D eigenvalue weighted by molar-refractivity contribution is 7.99. The zero-order chi connectivity index (χ0) is 21.8. The number of amides is 2. The van der Waals surface area contributed by atoms with E-state index in [2.05, 4.69) is 10.3 Å². The van der Waals surface area contributed by atoms with Gasteiger partial charge in [-0.15, -0.1) is 0 Å². The van der Waals surface area contributed by atoms with Crippen LogP contribution < -0.4 is 16.6 Å². The molecule has 0 radical (unpaired) electrons. The minimum absolute atomic E-state index is 0.0300. The van der Waals surface area contributed by atoms with E-state index in [1.54, 1.807) is 41.0 Å². The number of nitrogens with one attached hydrogen (secondary N) is 1. The molecule has 3 N–H and O–H groups in total. The molecule has 4 rings (SSSR count). The molecule has 1 atom stereocenters. The molecule has 1 unspecified atom stereocenters. The molecule has 0 bridgehead atoms. The van der Waals surface area contributed by atoms with Crippen molar-refractivity contribution in [3.05, 3.63) is 64.4 Å². The van der Waals surface area contributed by atoms with Gasteiger partial charge in [0.05, 0.1) is 29.3 Å². The quantitative estimate of drug-likeness (QED) is 0.432. The van der Waals surface area contributed by atoms with E-state index in [4.69, 9.17) is 10.5 Å². The van der Waals surface area contributed by atoms with Gasteiger partial charge in [0.1, 0.15) is 0 Å². The summed E-state index contributed by atoms with van der Waals surface area (Å²) in [6.45, 7) is 1.11. The second kappa shape index (κ2) is 9.32. The Kier molecular flexibility index (Phi) is 6.34. The predicted octanol–water partition coefficient (Wildman–Crippen LogP) is 2.41. The number of anilines is 1. The van der Waals surface area contributed by atoms with Crippen LogP contribution in [0, 0.1) is 0 Å². The van der Waals surface area contributed by atoms with Crippen LogP contribution in [0.5, 0.6) is 0 Å². The molecule has 2 heterocycles. The maximum absolute atomic E-state index is 13.1. The van der Waals surface area contributed by atoms with E-state index >= 15 is 0 Å². The largest absolute Gasteiger partial charge is 0.376 e. The number of benzene rings is 2. The summed E-state index contributed by atoms with van der Waals surface area (Å²) in [5.41, 5.74) is 6.61. The van der Waals surface area contributed by atoms with Gasteiger partial charge in [0.2, 0.25) is 11.8 Å². The molecule has 0 aliphatic carbocycles. The summed E-state index contributed by atoms with van der Waals surface area (Å²) in [6.07, 6.45) is 1.84. The van der Waals surface area contributed by atoms with Gasteiger partial charge < -0.3 is 15.8 Å². The maximum Gasteiger partial charge on any atom is 0.262 e. The number of aromatic nitrogens is 2. The monoisotopic (exact) mass is 438 g/mol. The number of primary amides is 1. The first-order chi connectivity index (χ1) is 15.0. The number of carbonyl (C=O) groups is 2. The van der Waals surface area contributed by atoms with Crippen LogP contribution in [0.4, 0.5) is 5.69 Å². The highest BCUT2D eigenvalue weighted by atomic mass is 32.2. The minimum Gasteiger partial charge on any atom is -0.376 e. The molecular formula is C22H22N4O4S. The topological polar surface area (TPSA) is 116 Å². The molecule has 1 aromatic heterocycles. The van der Waals surface area contributed by atoms with Crippen molar-refractivity contribution in [1.29, 1.82) is 0 Å². The summed E-state index contributed by atoms with van der Waals surface area (Å²) in [7, 11) is 0. The van der Waals surface area contributed by atoms with Crippen molar-refractivity contribution >= 4 is 40.2 Å². The summed E-state index contributed by atoms with van der Waals surface area (Å²) >= 11 is 1.20. The van der Waals surface area contributed by atoms with E-state index in [9.17, 15) is 14.4 Å². The Hall–Kier alpha value is -3.17. The van der Waals surface area contributed by atoms with Crippen LogP contribution in [-0.4, -0.2) is 39.8 Å². The van der Waals surface area contributed by atoms with Gasteiger partial charge in [-0.05, 0) is 49.2 Å². The molecule has 3 aromatic rings. The first kappa shape index (κ1) is 21.1. The Morgan fingerprint density at radius 3 is 2.68 bits per heavy atom. The van der Waals surface area contributed by atoms with Crippen molar-refractivity contribution < 1.29 is 14.3 Å². The Labute approximate surface area is 182 Å². The fourth-order valence-corrected chi connectivity index (χ4v) is 4.26. The van der Waals surface area contributed by atoms with Gasteiger partial charge in [0.15, 0.2) is 5.16 Å². The third-order valence-electron chi connectivity index (χ3n) is 5.02. The molecule has 1 saturated heterocycles. The lowest BCUT2D eigenvalue weighted by atomic mass is 10.2. The highest BCUT2D eigenvalue weighted by Crippen LogP contribution is 2.21. The van der Waals surface area contributed by atoms with Crippen LogP contribution in [0.25, 0.3) is 10.9 Å². The molecule has 0 saturated carbocycles. The minimum atomic E-state index is -0.528. The summed E-state index contributed by atoms with van der Waals surface area (Å²) in [6, 6.07) is 13.5. The second-order valence-corrected chi connectivity index (χ2v) is 8.18. The molecule has 160 valence electrons. The van der Waals surface area contributed by atoms with Gasteiger partial charge in [0, 0.05) is 17.9 Å². The average Bonchev–Trinajstić information content (AvgIpc) is 3.28. The van der Waals surface area contributed by atoms with Crippen LogP contribution in [0.3, 0.4) is 0 Å². The number of para-hydroxylation sites is 1. The number of hydrogen-bond acceptors (Lipinski definition) is 6. The Morgan fingerprint density at radius 2 is 1.97 bits per heavy atom. The van der Waals surface area contributed by atoms with Gasteiger partial charge in [0.25, 0.3) is 5.56 Å². The standard InChI is InChI=1S/C22H22N4O4S/c23-20(28)14-7-9-15(10-8-14)24-19(27)13-31-22-25-18-6-2-1-5-17(18)21(29)26(22)12-16-4-3-11-30-16/h1-2,5-10,16H,3-4,11-13H2,(H2,23,28)(H,24,27). The number of nitrogens with two attached hydrogens (primary N) is 1. The van der Waals surface area contributed by atoms with Crippen LogP contribution in [0.15, 0.2) is 58.5 Å². The first-order valence-electron chi connectivity index (χ1n) is 9.95. The lowest BCUT2D eigenvalue weighted by molar-refractivity contribution is -0.113. The Balaban J connectivity index is 1.51. The van der Waals surface area contributed by atoms with Gasteiger partial charge >= 0.3 is 0 Å².